The van der Waals surface area contributed by atoms with Crippen LogP contribution in [0.15, 0.2) is 30.3 Å². The van der Waals surface area contributed by atoms with E-state index in [2.05, 4.69) is 26.1 Å². The Morgan fingerprint density at radius 2 is 1.85 bits per heavy atom. The fourth-order valence-corrected chi connectivity index (χ4v) is 4.82. The zero-order valence-electron chi connectivity index (χ0n) is 21.3. The SMILES string of the molecule is CCC(C)C(C)C(CC(=O)N1CCCC1CC(C)C(=O)NC(C)C(O)c1ccccc1)OC. The summed E-state index contributed by atoms with van der Waals surface area (Å²) >= 11 is 0. The average molecular weight is 461 g/mol. The summed E-state index contributed by atoms with van der Waals surface area (Å²) < 4.78 is 5.69. The van der Waals surface area contributed by atoms with Gasteiger partial charge in [0.15, 0.2) is 0 Å². The summed E-state index contributed by atoms with van der Waals surface area (Å²) in [6.45, 7) is 11.0. The average Bonchev–Trinajstić information content (AvgIpc) is 3.29. The van der Waals surface area contributed by atoms with Gasteiger partial charge in [-0.15, -0.1) is 0 Å². The lowest BCUT2D eigenvalue weighted by molar-refractivity contribution is -0.137. The van der Waals surface area contributed by atoms with Gasteiger partial charge in [0.25, 0.3) is 0 Å². The van der Waals surface area contributed by atoms with Gasteiger partial charge >= 0.3 is 0 Å². The first-order valence-electron chi connectivity index (χ1n) is 12.5. The predicted molar refractivity (Wildman–Crippen MR) is 132 cm³/mol. The van der Waals surface area contributed by atoms with Gasteiger partial charge in [-0.25, -0.2) is 0 Å². The topological polar surface area (TPSA) is 78.9 Å². The van der Waals surface area contributed by atoms with Crippen LogP contribution in [-0.4, -0.2) is 53.7 Å². The van der Waals surface area contributed by atoms with Crippen LogP contribution in [0, 0.1) is 17.8 Å². The second-order valence-electron chi connectivity index (χ2n) is 9.90. The Labute approximate surface area is 200 Å². The quantitative estimate of drug-likeness (QED) is 0.487. The van der Waals surface area contributed by atoms with Crippen molar-refractivity contribution in [2.24, 2.45) is 17.8 Å². The summed E-state index contributed by atoms with van der Waals surface area (Å²) in [6.07, 6.45) is 3.12. The molecular formula is C27H44N2O4. The summed E-state index contributed by atoms with van der Waals surface area (Å²) in [4.78, 5) is 27.9. The molecule has 2 rings (SSSR count). The highest BCUT2D eigenvalue weighted by Gasteiger charge is 2.34. The predicted octanol–water partition coefficient (Wildman–Crippen LogP) is 4.33. The molecular weight excluding hydrogens is 416 g/mol. The van der Waals surface area contributed by atoms with Crippen LogP contribution < -0.4 is 5.32 Å². The molecule has 1 heterocycles. The molecule has 1 aliphatic rings. The molecule has 0 bridgehead atoms. The fraction of sp³-hybridized carbons (Fsp3) is 0.704. The minimum absolute atomic E-state index is 0.0732. The van der Waals surface area contributed by atoms with Gasteiger partial charge in [-0.1, -0.05) is 64.4 Å². The first-order chi connectivity index (χ1) is 15.7. The molecule has 1 aromatic rings. The van der Waals surface area contributed by atoms with Gasteiger partial charge in [-0.2, -0.15) is 0 Å². The zero-order valence-corrected chi connectivity index (χ0v) is 21.3. The van der Waals surface area contributed by atoms with E-state index in [0.29, 0.717) is 24.7 Å². The molecule has 1 aromatic carbocycles. The Hall–Kier alpha value is -1.92. The number of hydrogen-bond acceptors (Lipinski definition) is 4. The summed E-state index contributed by atoms with van der Waals surface area (Å²) in [5.74, 6) is 0.601. The van der Waals surface area contributed by atoms with Gasteiger partial charge in [-0.05, 0) is 43.6 Å². The van der Waals surface area contributed by atoms with Gasteiger partial charge in [0.2, 0.25) is 11.8 Å². The van der Waals surface area contributed by atoms with Gasteiger partial charge in [0, 0.05) is 25.6 Å². The highest BCUT2D eigenvalue weighted by atomic mass is 16.5. The van der Waals surface area contributed by atoms with E-state index in [0.717, 1.165) is 31.4 Å². The maximum absolute atomic E-state index is 13.1. The van der Waals surface area contributed by atoms with Crippen LogP contribution in [0.5, 0.6) is 0 Å². The van der Waals surface area contributed by atoms with Crippen LogP contribution in [0.4, 0.5) is 0 Å². The van der Waals surface area contributed by atoms with Crippen LogP contribution in [0.25, 0.3) is 0 Å². The Kier molecular flexibility index (Phi) is 10.8. The molecule has 33 heavy (non-hydrogen) atoms. The lowest BCUT2D eigenvalue weighted by atomic mass is 9.87. The van der Waals surface area contributed by atoms with Gasteiger partial charge in [0.05, 0.1) is 24.7 Å². The molecule has 6 heteroatoms. The lowest BCUT2D eigenvalue weighted by Gasteiger charge is -2.31. The van der Waals surface area contributed by atoms with E-state index in [9.17, 15) is 14.7 Å². The van der Waals surface area contributed by atoms with E-state index < -0.39 is 12.1 Å². The van der Waals surface area contributed by atoms with Crippen molar-refractivity contribution >= 4 is 11.8 Å². The number of aliphatic hydroxyl groups is 1. The lowest BCUT2D eigenvalue weighted by Crippen LogP contribution is -2.43. The highest BCUT2D eigenvalue weighted by molar-refractivity contribution is 5.79. The monoisotopic (exact) mass is 460 g/mol. The second kappa shape index (κ2) is 13.1. The Bertz CT molecular complexity index is 741. The minimum Gasteiger partial charge on any atom is -0.386 e. The molecule has 2 N–H and O–H groups in total. The number of carbonyl (C=O) groups is 2. The van der Waals surface area contributed by atoms with E-state index in [4.69, 9.17) is 4.74 Å². The van der Waals surface area contributed by atoms with Crippen molar-refractivity contribution < 1.29 is 19.4 Å². The van der Waals surface area contributed by atoms with Crippen LogP contribution in [0.2, 0.25) is 0 Å². The van der Waals surface area contributed by atoms with E-state index in [1.807, 2.05) is 49.1 Å². The van der Waals surface area contributed by atoms with Crippen LogP contribution in [-0.2, 0) is 14.3 Å². The number of hydrogen-bond donors (Lipinski definition) is 2. The second-order valence-corrected chi connectivity index (χ2v) is 9.90. The third-order valence-corrected chi connectivity index (χ3v) is 7.56. The molecule has 1 saturated heterocycles. The van der Waals surface area contributed by atoms with Gasteiger partial charge in [0.1, 0.15) is 0 Å². The summed E-state index contributed by atoms with van der Waals surface area (Å²) in [6, 6.07) is 9.04. The van der Waals surface area contributed by atoms with E-state index >= 15 is 0 Å². The van der Waals surface area contributed by atoms with Crippen LogP contribution >= 0.6 is 0 Å². The maximum atomic E-state index is 13.1. The Balaban J connectivity index is 1.91. The van der Waals surface area contributed by atoms with Crippen LogP contribution in [0.3, 0.4) is 0 Å². The van der Waals surface area contributed by atoms with Crippen molar-refractivity contribution in [1.29, 1.82) is 0 Å². The van der Waals surface area contributed by atoms with Crippen molar-refractivity contribution in [3.05, 3.63) is 35.9 Å². The Morgan fingerprint density at radius 3 is 2.45 bits per heavy atom. The smallest absolute Gasteiger partial charge is 0.225 e. The third kappa shape index (κ3) is 7.54. The normalized spacial score (nSPS) is 21.7. The van der Waals surface area contributed by atoms with E-state index in [1.54, 1.807) is 7.11 Å². The number of amides is 2. The fourth-order valence-electron chi connectivity index (χ4n) is 4.82. The number of likely N-dealkylation sites (tertiary alicyclic amines) is 1. The van der Waals surface area contributed by atoms with Crippen molar-refractivity contribution in [2.45, 2.75) is 91.0 Å². The largest absolute Gasteiger partial charge is 0.386 e. The first-order valence-corrected chi connectivity index (χ1v) is 12.5. The van der Waals surface area contributed by atoms with Crippen molar-refractivity contribution in [3.8, 4) is 0 Å². The number of aliphatic hydroxyl groups excluding tert-OH is 1. The number of benzene rings is 1. The van der Waals surface area contributed by atoms with Crippen molar-refractivity contribution in [2.75, 3.05) is 13.7 Å². The molecule has 7 atom stereocenters. The first kappa shape index (κ1) is 27.3. The molecule has 7 unspecified atom stereocenters. The van der Waals surface area contributed by atoms with Crippen molar-refractivity contribution in [3.63, 3.8) is 0 Å². The molecule has 1 fully saturated rings. The zero-order chi connectivity index (χ0) is 24.5. The molecule has 6 nitrogen and oxygen atoms in total. The molecule has 186 valence electrons. The number of methoxy groups -OCH3 is 1. The Morgan fingerprint density at radius 1 is 1.18 bits per heavy atom. The molecule has 1 aliphatic heterocycles. The summed E-state index contributed by atoms with van der Waals surface area (Å²) in [7, 11) is 1.69. The van der Waals surface area contributed by atoms with E-state index in [1.165, 1.54) is 0 Å². The molecule has 0 aromatic heterocycles. The molecule has 0 spiro atoms. The summed E-state index contributed by atoms with van der Waals surface area (Å²) in [5, 5.41) is 13.5. The number of ether oxygens (including phenoxy) is 1. The van der Waals surface area contributed by atoms with Crippen LogP contribution in [0.1, 0.15) is 78.4 Å². The number of rotatable bonds is 12. The molecule has 0 saturated carbocycles. The highest BCUT2D eigenvalue weighted by Crippen LogP contribution is 2.28. The standard InChI is InChI=1S/C27H44N2O4/c1-7-18(2)20(4)24(33-6)17-25(30)29-15-11-14-23(29)16-19(3)27(32)28-21(5)26(31)22-12-9-8-10-13-22/h8-10,12-13,18-21,23-24,26,31H,7,11,14-17H2,1-6H3,(H,28,32). The number of carbonyl (C=O) groups excluding carboxylic acids is 2. The number of nitrogens with one attached hydrogen (secondary N) is 1. The van der Waals surface area contributed by atoms with Crippen molar-refractivity contribution in [1.82, 2.24) is 10.2 Å². The van der Waals surface area contributed by atoms with E-state index in [-0.39, 0.29) is 29.9 Å². The van der Waals surface area contributed by atoms with Gasteiger partial charge < -0.3 is 20.1 Å². The number of nitrogens with zero attached hydrogens (tertiary/aromatic N) is 1. The molecule has 2 amide bonds. The third-order valence-electron chi connectivity index (χ3n) is 7.56. The maximum Gasteiger partial charge on any atom is 0.225 e. The molecule has 0 aliphatic carbocycles. The summed E-state index contributed by atoms with van der Waals surface area (Å²) in [5.41, 5.74) is 0.782. The minimum atomic E-state index is -0.759. The molecule has 0 radical (unpaired) electrons. The van der Waals surface area contributed by atoms with Gasteiger partial charge in [-0.3, -0.25) is 9.59 Å².